The van der Waals surface area contributed by atoms with Crippen molar-refractivity contribution in [2.45, 2.75) is 12.0 Å². The maximum Gasteiger partial charge on any atom is 0.260 e. The third-order valence-corrected chi connectivity index (χ3v) is 3.13. The Morgan fingerprint density at radius 2 is 2.16 bits per heavy atom. The van der Waals surface area contributed by atoms with E-state index in [1.54, 1.807) is 0 Å². The summed E-state index contributed by atoms with van der Waals surface area (Å²) in [4.78, 5) is 4.05. The number of rotatable bonds is 2. The van der Waals surface area contributed by atoms with Gasteiger partial charge in [-0.05, 0) is 31.2 Å². The van der Waals surface area contributed by atoms with Gasteiger partial charge in [-0.2, -0.15) is 4.98 Å². The molecule has 1 saturated heterocycles. The molecule has 0 amide bonds. The number of aliphatic hydroxyl groups is 1. The van der Waals surface area contributed by atoms with E-state index in [-0.39, 0.29) is 11.7 Å². The lowest BCUT2D eigenvalue weighted by atomic mass is 10.0. The molecule has 1 fully saturated rings. The first kappa shape index (κ1) is 12.2. The third kappa shape index (κ3) is 2.11. The second-order valence-electron chi connectivity index (χ2n) is 4.51. The number of halogens is 2. The minimum atomic E-state index is -1.19. The van der Waals surface area contributed by atoms with Crippen LogP contribution in [0.1, 0.15) is 12.3 Å². The Labute approximate surface area is 107 Å². The summed E-state index contributed by atoms with van der Waals surface area (Å²) in [6.07, 6.45) is 0.465. The van der Waals surface area contributed by atoms with Gasteiger partial charge in [0.1, 0.15) is 0 Å². The van der Waals surface area contributed by atoms with Crippen molar-refractivity contribution in [3.05, 3.63) is 35.7 Å². The van der Waals surface area contributed by atoms with Crippen molar-refractivity contribution in [1.29, 1.82) is 0 Å². The van der Waals surface area contributed by atoms with E-state index < -0.39 is 17.2 Å². The van der Waals surface area contributed by atoms with Gasteiger partial charge >= 0.3 is 0 Å². The van der Waals surface area contributed by atoms with Gasteiger partial charge in [-0.1, -0.05) is 5.16 Å². The Bertz CT molecular complexity index is 609. The van der Waals surface area contributed by atoms with Crippen LogP contribution < -0.4 is 5.32 Å². The molecule has 1 aromatic heterocycles. The van der Waals surface area contributed by atoms with Gasteiger partial charge in [0, 0.05) is 12.1 Å². The minimum absolute atomic E-state index is 0.0808. The smallest absolute Gasteiger partial charge is 0.260 e. The maximum absolute atomic E-state index is 13.1. The van der Waals surface area contributed by atoms with Gasteiger partial charge in [-0.25, -0.2) is 8.78 Å². The molecule has 100 valence electrons. The quantitative estimate of drug-likeness (QED) is 0.855. The summed E-state index contributed by atoms with van der Waals surface area (Å²) in [6.45, 7) is 0.978. The van der Waals surface area contributed by atoms with Crippen LogP contribution in [0.25, 0.3) is 11.4 Å². The molecule has 1 aromatic carbocycles. The van der Waals surface area contributed by atoms with Crippen molar-refractivity contribution >= 4 is 0 Å². The van der Waals surface area contributed by atoms with E-state index in [1.165, 1.54) is 6.07 Å². The van der Waals surface area contributed by atoms with Crippen molar-refractivity contribution in [2.75, 3.05) is 13.1 Å². The topological polar surface area (TPSA) is 71.2 Å². The van der Waals surface area contributed by atoms with Crippen LogP contribution >= 0.6 is 0 Å². The van der Waals surface area contributed by atoms with E-state index in [2.05, 4.69) is 15.5 Å². The molecule has 3 rings (SSSR count). The summed E-state index contributed by atoms with van der Waals surface area (Å²) in [5.74, 6) is -1.72. The van der Waals surface area contributed by atoms with E-state index in [9.17, 15) is 13.9 Å². The van der Waals surface area contributed by atoms with E-state index in [0.29, 0.717) is 25.1 Å². The molecule has 2 heterocycles. The Morgan fingerprint density at radius 1 is 1.32 bits per heavy atom. The summed E-state index contributed by atoms with van der Waals surface area (Å²) in [5.41, 5.74) is -0.896. The van der Waals surface area contributed by atoms with Crippen LogP contribution in [0.4, 0.5) is 8.78 Å². The lowest BCUT2D eigenvalue weighted by Gasteiger charge is -2.14. The molecule has 1 unspecified atom stereocenters. The van der Waals surface area contributed by atoms with Crippen LogP contribution in [-0.4, -0.2) is 28.3 Å². The van der Waals surface area contributed by atoms with Crippen LogP contribution in [0.3, 0.4) is 0 Å². The SMILES string of the molecule is OC1(c2nc(-c3ccc(F)c(F)c3)no2)CCNC1. The van der Waals surface area contributed by atoms with Crippen molar-refractivity contribution < 1.29 is 18.4 Å². The first-order valence-electron chi connectivity index (χ1n) is 5.81. The minimum Gasteiger partial charge on any atom is -0.379 e. The van der Waals surface area contributed by atoms with Crippen molar-refractivity contribution in [2.24, 2.45) is 0 Å². The zero-order valence-electron chi connectivity index (χ0n) is 9.86. The van der Waals surface area contributed by atoms with Crippen LogP contribution in [0.15, 0.2) is 22.7 Å². The molecule has 0 aliphatic carbocycles. The van der Waals surface area contributed by atoms with Gasteiger partial charge in [0.25, 0.3) is 5.89 Å². The van der Waals surface area contributed by atoms with Crippen LogP contribution in [0, 0.1) is 11.6 Å². The first-order chi connectivity index (χ1) is 9.08. The molecule has 19 heavy (non-hydrogen) atoms. The van der Waals surface area contributed by atoms with Gasteiger partial charge in [0.2, 0.25) is 5.82 Å². The van der Waals surface area contributed by atoms with Gasteiger partial charge in [-0.15, -0.1) is 0 Å². The fourth-order valence-electron chi connectivity index (χ4n) is 2.03. The molecule has 0 spiro atoms. The average Bonchev–Trinajstić information content (AvgIpc) is 3.02. The molecule has 2 aromatic rings. The number of β-amino-alcohol motifs (C(OH)–C–C–N with tert-alkyl or cyclic N) is 1. The van der Waals surface area contributed by atoms with E-state index in [0.717, 1.165) is 12.1 Å². The molecule has 0 saturated carbocycles. The van der Waals surface area contributed by atoms with Crippen molar-refractivity contribution in [3.8, 4) is 11.4 Å². The normalized spacial score (nSPS) is 22.9. The highest BCUT2D eigenvalue weighted by molar-refractivity contribution is 5.54. The van der Waals surface area contributed by atoms with Gasteiger partial charge in [0.05, 0.1) is 0 Å². The zero-order valence-corrected chi connectivity index (χ0v) is 9.86. The Morgan fingerprint density at radius 3 is 2.84 bits per heavy atom. The molecule has 0 radical (unpaired) electrons. The summed E-state index contributed by atoms with van der Waals surface area (Å²) in [7, 11) is 0. The number of nitrogens with zero attached hydrogens (tertiary/aromatic N) is 2. The van der Waals surface area contributed by atoms with Crippen molar-refractivity contribution in [1.82, 2.24) is 15.5 Å². The van der Waals surface area contributed by atoms with Crippen LogP contribution in [0.5, 0.6) is 0 Å². The zero-order chi connectivity index (χ0) is 13.5. The lowest BCUT2D eigenvalue weighted by molar-refractivity contribution is 0.0243. The molecule has 1 atom stereocenters. The third-order valence-electron chi connectivity index (χ3n) is 3.13. The highest BCUT2D eigenvalue weighted by atomic mass is 19.2. The van der Waals surface area contributed by atoms with Gasteiger partial charge in [-0.3, -0.25) is 0 Å². The monoisotopic (exact) mass is 267 g/mol. The second-order valence-corrected chi connectivity index (χ2v) is 4.51. The summed E-state index contributed by atoms with van der Waals surface area (Å²) in [5, 5.41) is 16.9. The Hall–Kier alpha value is -1.86. The average molecular weight is 267 g/mol. The van der Waals surface area contributed by atoms with Gasteiger partial charge < -0.3 is 14.9 Å². The maximum atomic E-state index is 13.1. The number of hydrogen-bond donors (Lipinski definition) is 2. The van der Waals surface area contributed by atoms with Gasteiger partial charge in [0.15, 0.2) is 17.2 Å². The van der Waals surface area contributed by atoms with Crippen molar-refractivity contribution in [3.63, 3.8) is 0 Å². The highest BCUT2D eigenvalue weighted by Crippen LogP contribution is 2.28. The van der Waals surface area contributed by atoms with Crippen LogP contribution in [-0.2, 0) is 5.60 Å². The fourth-order valence-corrected chi connectivity index (χ4v) is 2.03. The Kier molecular flexibility index (Phi) is 2.79. The summed E-state index contributed by atoms with van der Waals surface area (Å²) in [6, 6.07) is 3.33. The highest BCUT2D eigenvalue weighted by Gasteiger charge is 2.38. The standard InChI is InChI=1S/C12H11F2N3O2/c13-8-2-1-7(5-9(8)14)10-16-11(19-17-10)12(18)3-4-15-6-12/h1-2,5,15,18H,3-4,6H2. The molecule has 7 heteroatoms. The fraction of sp³-hybridized carbons (Fsp3) is 0.333. The molecule has 1 aliphatic heterocycles. The predicted molar refractivity (Wildman–Crippen MR) is 61.0 cm³/mol. The molecule has 2 N–H and O–H groups in total. The number of hydrogen-bond acceptors (Lipinski definition) is 5. The Balaban J connectivity index is 1.94. The molecule has 0 bridgehead atoms. The van der Waals surface area contributed by atoms with E-state index in [1.807, 2.05) is 0 Å². The summed E-state index contributed by atoms with van der Waals surface area (Å²) >= 11 is 0. The largest absolute Gasteiger partial charge is 0.379 e. The van der Waals surface area contributed by atoms with Crippen LogP contribution in [0.2, 0.25) is 0 Å². The predicted octanol–water partition coefficient (Wildman–Crippen LogP) is 1.20. The van der Waals surface area contributed by atoms with E-state index >= 15 is 0 Å². The second kappa shape index (κ2) is 4.36. The molecule has 5 nitrogen and oxygen atoms in total. The number of nitrogens with one attached hydrogen (secondary N) is 1. The molecular formula is C12H11F2N3O2. The molecule has 1 aliphatic rings. The number of aromatic nitrogens is 2. The number of benzene rings is 1. The van der Waals surface area contributed by atoms with E-state index in [4.69, 9.17) is 4.52 Å². The lowest BCUT2D eigenvalue weighted by Crippen LogP contribution is -2.28. The molecular weight excluding hydrogens is 256 g/mol. The summed E-state index contributed by atoms with van der Waals surface area (Å²) < 4.78 is 31.0. The first-order valence-corrected chi connectivity index (χ1v) is 5.81.